The lowest BCUT2D eigenvalue weighted by Gasteiger charge is -2.26. The van der Waals surface area contributed by atoms with Gasteiger partial charge in [0, 0.05) is 25.8 Å². The van der Waals surface area contributed by atoms with Gasteiger partial charge in [-0.25, -0.2) is 0 Å². The molecule has 1 aliphatic rings. The first-order valence-corrected chi connectivity index (χ1v) is 13.5. The van der Waals surface area contributed by atoms with E-state index in [1.807, 2.05) is 24.3 Å². The molecule has 0 aliphatic carbocycles. The Hall–Kier alpha value is -2.84. The van der Waals surface area contributed by atoms with Gasteiger partial charge in [0.15, 0.2) is 5.16 Å². The Balaban J connectivity index is 1.29. The molecule has 3 aromatic rings. The molecule has 1 amide bonds. The van der Waals surface area contributed by atoms with E-state index in [9.17, 15) is 4.79 Å². The molecule has 186 valence electrons. The molecule has 1 N–H and O–H groups in total. The van der Waals surface area contributed by atoms with Gasteiger partial charge in [0.05, 0.1) is 18.8 Å². The Labute approximate surface area is 212 Å². The fourth-order valence-electron chi connectivity index (χ4n) is 4.32. The van der Waals surface area contributed by atoms with Crippen molar-refractivity contribution in [1.82, 2.24) is 25.0 Å². The van der Waals surface area contributed by atoms with Crippen LogP contribution in [0.25, 0.3) is 0 Å². The zero-order valence-electron chi connectivity index (χ0n) is 20.6. The number of hydrogen-bond acceptors (Lipinski definition) is 6. The summed E-state index contributed by atoms with van der Waals surface area (Å²) >= 11 is 1.47. The maximum absolute atomic E-state index is 12.5. The largest absolute Gasteiger partial charge is 0.375 e. The number of para-hydroxylation sites is 1. The van der Waals surface area contributed by atoms with Crippen LogP contribution < -0.4 is 10.2 Å². The number of amides is 1. The molecule has 2 heterocycles. The molecule has 1 aromatic heterocycles. The van der Waals surface area contributed by atoms with Gasteiger partial charge in [-0.1, -0.05) is 66.7 Å². The van der Waals surface area contributed by atoms with Gasteiger partial charge in [-0.05, 0) is 50.0 Å². The molecule has 0 spiro atoms. The molecule has 0 bridgehead atoms. The Morgan fingerprint density at radius 2 is 1.69 bits per heavy atom. The summed E-state index contributed by atoms with van der Waals surface area (Å²) in [6.45, 7) is 5.30. The maximum Gasteiger partial charge on any atom is 0.230 e. The number of hydrogen-bond donors (Lipinski definition) is 1. The molecule has 0 radical (unpaired) electrons. The molecular formula is C27H36N6OS. The number of thioether (sulfide) groups is 1. The van der Waals surface area contributed by atoms with Crippen molar-refractivity contribution in [3.05, 3.63) is 72.1 Å². The van der Waals surface area contributed by atoms with Gasteiger partial charge in [-0.15, -0.1) is 10.2 Å². The summed E-state index contributed by atoms with van der Waals surface area (Å²) in [5.74, 6) is 1.34. The zero-order valence-corrected chi connectivity index (χ0v) is 21.4. The fraction of sp³-hybridized carbons (Fsp3) is 0.444. The topological polar surface area (TPSA) is 66.3 Å². The average Bonchev–Trinajstić information content (AvgIpc) is 3.27. The van der Waals surface area contributed by atoms with Gasteiger partial charge < -0.3 is 14.8 Å². The highest BCUT2D eigenvalue weighted by molar-refractivity contribution is 7.99. The highest BCUT2D eigenvalue weighted by Gasteiger charge is 2.18. The van der Waals surface area contributed by atoms with Crippen molar-refractivity contribution in [1.29, 1.82) is 0 Å². The number of anilines is 1. The van der Waals surface area contributed by atoms with E-state index in [0.717, 1.165) is 43.6 Å². The number of aromatic nitrogens is 3. The second-order valence-electron chi connectivity index (χ2n) is 9.06. The summed E-state index contributed by atoms with van der Waals surface area (Å²) in [7, 11) is 2.08. The minimum atomic E-state index is 0.0317. The van der Waals surface area contributed by atoms with Crippen molar-refractivity contribution in [2.75, 3.05) is 43.9 Å². The summed E-state index contributed by atoms with van der Waals surface area (Å²) < 4.78 is 2.18. The lowest BCUT2D eigenvalue weighted by molar-refractivity contribution is -0.118. The van der Waals surface area contributed by atoms with Crippen molar-refractivity contribution in [2.24, 2.45) is 0 Å². The van der Waals surface area contributed by atoms with E-state index in [1.165, 1.54) is 42.3 Å². The Bertz CT molecular complexity index is 1040. The van der Waals surface area contributed by atoms with Crippen LogP contribution >= 0.6 is 11.8 Å². The van der Waals surface area contributed by atoms with E-state index in [0.29, 0.717) is 18.8 Å². The van der Waals surface area contributed by atoms with Crippen LogP contribution in [0.3, 0.4) is 0 Å². The molecule has 1 aliphatic heterocycles. The van der Waals surface area contributed by atoms with Crippen LogP contribution in [0.1, 0.15) is 37.1 Å². The number of rotatable bonds is 12. The van der Waals surface area contributed by atoms with E-state index < -0.39 is 0 Å². The van der Waals surface area contributed by atoms with E-state index in [2.05, 4.69) is 73.3 Å². The van der Waals surface area contributed by atoms with E-state index >= 15 is 0 Å². The molecular weight excluding hydrogens is 456 g/mol. The zero-order chi connectivity index (χ0) is 24.3. The number of likely N-dealkylation sites (tertiary alicyclic amines) is 1. The van der Waals surface area contributed by atoms with Crippen LogP contribution in [0.15, 0.2) is 65.8 Å². The average molecular weight is 493 g/mol. The molecule has 1 fully saturated rings. The third-order valence-electron chi connectivity index (χ3n) is 6.31. The van der Waals surface area contributed by atoms with Crippen LogP contribution in [0.5, 0.6) is 0 Å². The lowest BCUT2D eigenvalue weighted by atomic mass is 10.1. The minimum Gasteiger partial charge on any atom is -0.375 e. The predicted octanol–water partition coefficient (Wildman–Crippen LogP) is 4.05. The first-order chi connectivity index (χ1) is 17.2. The Morgan fingerprint density at radius 1 is 0.971 bits per heavy atom. The van der Waals surface area contributed by atoms with Crippen LogP contribution in [0.4, 0.5) is 5.69 Å². The van der Waals surface area contributed by atoms with Crippen LogP contribution in [0, 0.1) is 0 Å². The van der Waals surface area contributed by atoms with Gasteiger partial charge in [0.25, 0.3) is 0 Å². The molecule has 0 unspecified atom stereocenters. The highest BCUT2D eigenvalue weighted by Crippen LogP contribution is 2.21. The van der Waals surface area contributed by atoms with E-state index in [-0.39, 0.29) is 5.91 Å². The summed E-state index contributed by atoms with van der Waals surface area (Å²) in [6.07, 6.45) is 4.70. The Kier molecular flexibility index (Phi) is 9.60. The molecule has 2 aromatic carbocycles. The molecule has 35 heavy (non-hydrogen) atoms. The SMILES string of the molecule is CN(CCCNC(=O)CSc1nnc(CN2CCCCC2)n1Cc1ccccc1)c1ccccc1. The third kappa shape index (κ3) is 7.83. The van der Waals surface area contributed by atoms with Gasteiger partial charge in [0.1, 0.15) is 5.82 Å². The van der Waals surface area contributed by atoms with Crippen molar-refractivity contribution in [2.45, 2.75) is 43.9 Å². The second kappa shape index (κ2) is 13.3. The van der Waals surface area contributed by atoms with Crippen molar-refractivity contribution >= 4 is 23.4 Å². The monoisotopic (exact) mass is 492 g/mol. The minimum absolute atomic E-state index is 0.0317. The van der Waals surface area contributed by atoms with E-state index in [4.69, 9.17) is 0 Å². The Morgan fingerprint density at radius 3 is 2.43 bits per heavy atom. The summed E-state index contributed by atoms with van der Waals surface area (Å²) in [4.78, 5) is 17.2. The number of carbonyl (C=O) groups excluding carboxylic acids is 1. The lowest BCUT2D eigenvalue weighted by Crippen LogP contribution is -2.30. The summed E-state index contributed by atoms with van der Waals surface area (Å²) in [5, 5.41) is 12.8. The molecule has 7 nitrogen and oxygen atoms in total. The predicted molar refractivity (Wildman–Crippen MR) is 143 cm³/mol. The van der Waals surface area contributed by atoms with Crippen LogP contribution in [0.2, 0.25) is 0 Å². The molecule has 0 atom stereocenters. The molecule has 4 rings (SSSR count). The normalized spacial score (nSPS) is 14.1. The number of piperidine rings is 1. The van der Waals surface area contributed by atoms with E-state index in [1.54, 1.807) is 0 Å². The maximum atomic E-state index is 12.5. The van der Waals surface area contributed by atoms with Crippen molar-refractivity contribution in [3.63, 3.8) is 0 Å². The number of benzene rings is 2. The number of nitrogens with one attached hydrogen (secondary N) is 1. The van der Waals surface area contributed by atoms with Crippen molar-refractivity contribution < 1.29 is 4.79 Å². The first-order valence-electron chi connectivity index (χ1n) is 12.5. The number of carbonyl (C=O) groups is 1. The molecule has 1 saturated heterocycles. The summed E-state index contributed by atoms with van der Waals surface area (Å²) in [5.41, 5.74) is 2.40. The first kappa shape index (κ1) is 25.3. The van der Waals surface area contributed by atoms with Crippen LogP contribution in [-0.2, 0) is 17.9 Å². The second-order valence-corrected chi connectivity index (χ2v) is 10.00. The van der Waals surface area contributed by atoms with Gasteiger partial charge >= 0.3 is 0 Å². The molecule has 8 heteroatoms. The number of nitrogens with zero attached hydrogens (tertiary/aromatic N) is 5. The fourth-order valence-corrected chi connectivity index (χ4v) is 5.11. The standard InChI is InChI=1S/C27H36N6OS/c1-31(24-14-7-3-8-15-24)17-11-16-28-26(34)22-35-27-30-29-25(21-32-18-9-4-10-19-32)33(27)20-23-12-5-2-6-13-23/h2-3,5-8,12-15H,4,9-11,16-22H2,1H3,(H,28,34). The van der Waals surface area contributed by atoms with Gasteiger partial charge in [-0.3, -0.25) is 9.69 Å². The van der Waals surface area contributed by atoms with Crippen LogP contribution in [-0.4, -0.2) is 64.6 Å². The van der Waals surface area contributed by atoms with Gasteiger partial charge in [0.2, 0.25) is 5.91 Å². The van der Waals surface area contributed by atoms with Crippen molar-refractivity contribution in [3.8, 4) is 0 Å². The smallest absolute Gasteiger partial charge is 0.230 e. The molecule has 0 saturated carbocycles. The summed E-state index contributed by atoms with van der Waals surface area (Å²) in [6, 6.07) is 20.7. The van der Waals surface area contributed by atoms with Gasteiger partial charge in [-0.2, -0.15) is 0 Å². The quantitative estimate of drug-likeness (QED) is 0.304. The third-order valence-corrected chi connectivity index (χ3v) is 7.28. The highest BCUT2D eigenvalue weighted by atomic mass is 32.2.